The first-order valence-corrected chi connectivity index (χ1v) is 5.15. The predicted octanol–water partition coefficient (Wildman–Crippen LogP) is 2.00. The molecule has 1 aliphatic rings. The summed E-state index contributed by atoms with van der Waals surface area (Å²) in [6, 6.07) is 3.67. The van der Waals surface area contributed by atoms with Crippen LogP contribution in [0.3, 0.4) is 0 Å². The van der Waals surface area contributed by atoms with E-state index in [2.05, 4.69) is 21.2 Å². The van der Waals surface area contributed by atoms with E-state index in [1.807, 2.05) is 6.07 Å². The van der Waals surface area contributed by atoms with Crippen molar-refractivity contribution in [2.24, 2.45) is 0 Å². The quantitative estimate of drug-likeness (QED) is 0.618. The molecule has 1 aromatic rings. The fraction of sp³-hybridized carbons (Fsp3) is 0.333. The van der Waals surface area contributed by atoms with Crippen molar-refractivity contribution in [3.8, 4) is 0 Å². The summed E-state index contributed by atoms with van der Waals surface area (Å²) >= 11 is 3.21. The van der Waals surface area contributed by atoms with Crippen molar-refractivity contribution >= 4 is 21.6 Å². The Kier molecular flexibility index (Phi) is 2.52. The van der Waals surface area contributed by atoms with E-state index in [4.69, 9.17) is 0 Å². The van der Waals surface area contributed by atoms with Gasteiger partial charge >= 0.3 is 0 Å². The Morgan fingerprint density at radius 3 is 3.00 bits per heavy atom. The van der Waals surface area contributed by atoms with Gasteiger partial charge < -0.3 is 5.32 Å². The van der Waals surface area contributed by atoms with E-state index in [1.165, 1.54) is 0 Å². The lowest BCUT2D eigenvalue weighted by Crippen LogP contribution is -2.24. The number of halogens is 1. The lowest BCUT2D eigenvalue weighted by atomic mass is 9.99. The summed E-state index contributed by atoms with van der Waals surface area (Å²) in [5, 5.41) is 14.0. The molecule has 0 saturated carbocycles. The molecule has 5 heteroatoms. The molecule has 0 bridgehead atoms. The largest absolute Gasteiger partial charge is 0.312 e. The highest BCUT2D eigenvalue weighted by molar-refractivity contribution is 9.10. The van der Waals surface area contributed by atoms with Crippen LogP contribution in [0, 0.1) is 10.1 Å². The molecule has 0 aromatic heterocycles. The van der Waals surface area contributed by atoms with Crippen molar-refractivity contribution < 1.29 is 4.92 Å². The molecule has 0 saturated heterocycles. The first-order chi connectivity index (χ1) is 6.70. The van der Waals surface area contributed by atoms with Gasteiger partial charge in [0.05, 0.1) is 9.40 Å². The summed E-state index contributed by atoms with van der Waals surface area (Å²) < 4.78 is 0.572. The van der Waals surface area contributed by atoms with E-state index in [0.717, 1.165) is 30.6 Å². The maximum Gasteiger partial charge on any atom is 0.287 e. The van der Waals surface area contributed by atoms with Crippen LogP contribution in [0.15, 0.2) is 16.6 Å². The molecular formula is C9H9BrN2O2. The van der Waals surface area contributed by atoms with Gasteiger partial charge in [0.2, 0.25) is 0 Å². The number of fused-ring (bicyclic) bond motifs is 1. The Labute approximate surface area is 89.6 Å². The van der Waals surface area contributed by atoms with Gasteiger partial charge in [0.1, 0.15) is 0 Å². The third kappa shape index (κ3) is 1.53. The summed E-state index contributed by atoms with van der Waals surface area (Å²) in [6.45, 7) is 1.54. The van der Waals surface area contributed by atoms with Crippen molar-refractivity contribution in [2.45, 2.75) is 13.0 Å². The third-order valence-electron chi connectivity index (χ3n) is 2.38. The topological polar surface area (TPSA) is 55.2 Å². The van der Waals surface area contributed by atoms with Crippen molar-refractivity contribution in [1.29, 1.82) is 0 Å². The number of nitro groups is 1. The van der Waals surface area contributed by atoms with Gasteiger partial charge in [0.15, 0.2) is 0 Å². The molecule has 0 fully saturated rings. The number of nitrogens with one attached hydrogen (secondary N) is 1. The summed E-state index contributed by atoms with van der Waals surface area (Å²) in [5.41, 5.74) is 2.12. The molecule has 14 heavy (non-hydrogen) atoms. The minimum absolute atomic E-state index is 0.226. The monoisotopic (exact) mass is 256 g/mol. The van der Waals surface area contributed by atoms with E-state index in [-0.39, 0.29) is 10.6 Å². The van der Waals surface area contributed by atoms with Gasteiger partial charge in [-0.25, -0.2) is 0 Å². The molecular weight excluding hydrogens is 248 g/mol. The maximum absolute atomic E-state index is 10.8. The molecule has 0 unspecified atom stereocenters. The Morgan fingerprint density at radius 1 is 1.50 bits per heavy atom. The van der Waals surface area contributed by atoms with E-state index < -0.39 is 0 Å². The third-order valence-corrected chi connectivity index (χ3v) is 3.02. The maximum atomic E-state index is 10.8. The highest BCUT2D eigenvalue weighted by atomic mass is 79.9. The zero-order valence-corrected chi connectivity index (χ0v) is 9.00. The molecule has 0 spiro atoms. The van der Waals surface area contributed by atoms with Gasteiger partial charge in [-0.1, -0.05) is 6.07 Å². The SMILES string of the molecule is O=[N+]([O-])c1c(Br)ccc2c1CCNC2. The van der Waals surface area contributed by atoms with Gasteiger partial charge in [0, 0.05) is 12.1 Å². The standard InChI is InChI=1S/C9H9BrN2O2/c10-8-2-1-6-5-11-4-3-7(6)9(8)12(13)14/h1-2,11H,3-5H2. The first-order valence-electron chi connectivity index (χ1n) is 4.35. The average Bonchev–Trinajstić information content (AvgIpc) is 2.17. The van der Waals surface area contributed by atoms with Crippen LogP contribution in [0.4, 0.5) is 5.69 Å². The summed E-state index contributed by atoms with van der Waals surface area (Å²) in [5.74, 6) is 0. The van der Waals surface area contributed by atoms with E-state index >= 15 is 0 Å². The summed E-state index contributed by atoms with van der Waals surface area (Å²) in [4.78, 5) is 10.5. The lowest BCUT2D eigenvalue weighted by molar-refractivity contribution is -0.386. The number of nitro benzene ring substituents is 1. The van der Waals surface area contributed by atoms with Gasteiger partial charge in [-0.05, 0) is 40.5 Å². The fourth-order valence-electron chi connectivity index (χ4n) is 1.73. The minimum atomic E-state index is -0.311. The normalized spacial score (nSPS) is 14.9. The van der Waals surface area contributed by atoms with Gasteiger partial charge in [0.25, 0.3) is 5.69 Å². The van der Waals surface area contributed by atoms with E-state index in [0.29, 0.717) is 4.47 Å². The van der Waals surface area contributed by atoms with Crippen LogP contribution in [-0.4, -0.2) is 11.5 Å². The lowest BCUT2D eigenvalue weighted by Gasteiger charge is -2.17. The highest BCUT2D eigenvalue weighted by Gasteiger charge is 2.23. The summed E-state index contributed by atoms with van der Waals surface area (Å²) in [7, 11) is 0. The predicted molar refractivity (Wildman–Crippen MR) is 56.2 cm³/mol. The molecule has 0 aliphatic carbocycles. The molecule has 1 N–H and O–H groups in total. The smallest absolute Gasteiger partial charge is 0.287 e. The van der Waals surface area contributed by atoms with Crippen LogP contribution in [0.1, 0.15) is 11.1 Å². The van der Waals surface area contributed by atoms with Crippen molar-refractivity contribution in [1.82, 2.24) is 5.32 Å². The van der Waals surface area contributed by atoms with E-state index in [9.17, 15) is 10.1 Å². The fourth-order valence-corrected chi connectivity index (χ4v) is 2.24. The molecule has 0 amide bonds. The zero-order valence-electron chi connectivity index (χ0n) is 7.42. The molecule has 1 aromatic carbocycles. The molecule has 74 valence electrons. The van der Waals surface area contributed by atoms with E-state index in [1.54, 1.807) is 6.07 Å². The highest BCUT2D eigenvalue weighted by Crippen LogP contribution is 2.32. The average molecular weight is 257 g/mol. The van der Waals surface area contributed by atoms with Crippen LogP contribution < -0.4 is 5.32 Å². The Hall–Kier alpha value is -0.940. The Morgan fingerprint density at radius 2 is 2.29 bits per heavy atom. The van der Waals surface area contributed by atoms with Gasteiger partial charge in [-0.2, -0.15) is 0 Å². The zero-order chi connectivity index (χ0) is 10.1. The molecule has 0 radical (unpaired) electrons. The molecule has 4 nitrogen and oxygen atoms in total. The second-order valence-corrected chi connectivity index (χ2v) is 4.07. The van der Waals surface area contributed by atoms with Crippen LogP contribution >= 0.6 is 15.9 Å². The second-order valence-electron chi connectivity index (χ2n) is 3.22. The number of nitrogens with zero attached hydrogens (tertiary/aromatic N) is 1. The number of benzene rings is 1. The molecule has 2 rings (SSSR count). The molecule has 0 atom stereocenters. The van der Waals surface area contributed by atoms with Crippen molar-refractivity contribution in [2.75, 3.05) is 6.54 Å². The molecule has 1 aliphatic heterocycles. The van der Waals surface area contributed by atoms with Crippen LogP contribution in [0.5, 0.6) is 0 Å². The first kappa shape index (κ1) is 9.61. The van der Waals surface area contributed by atoms with Crippen LogP contribution in [-0.2, 0) is 13.0 Å². The van der Waals surface area contributed by atoms with Crippen LogP contribution in [0.2, 0.25) is 0 Å². The summed E-state index contributed by atoms with van der Waals surface area (Å²) in [6.07, 6.45) is 0.727. The second kappa shape index (κ2) is 3.67. The number of hydrogen-bond donors (Lipinski definition) is 1. The van der Waals surface area contributed by atoms with Gasteiger partial charge in [-0.3, -0.25) is 10.1 Å². The Bertz CT molecular complexity index is 393. The number of rotatable bonds is 1. The Balaban J connectivity index is 2.60. The van der Waals surface area contributed by atoms with Crippen molar-refractivity contribution in [3.63, 3.8) is 0 Å². The van der Waals surface area contributed by atoms with Crippen LogP contribution in [0.25, 0.3) is 0 Å². The van der Waals surface area contributed by atoms with Gasteiger partial charge in [-0.15, -0.1) is 0 Å². The minimum Gasteiger partial charge on any atom is -0.312 e. The molecule has 1 heterocycles. The van der Waals surface area contributed by atoms with Crippen molar-refractivity contribution in [3.05, 3.63) is 37.8 Å². The number of hydrogen-bond acceptors (Lipinski definition) is 3.